The van der Waals surface area contributed by atoms with E-state index in [9.17, 15) is 0 Å². The predicted octanol–water partition coefficient (Wildman–Crippen LogP) is -0.00230. The van der Waals surface area contributed by atoms with Crippen LogP contribution in [0.1, 0.15) is 18.7 Å². The Kier molecular flexibility index (Phi) is 3.74. The quantitative estimate of drug-likeness (QED) is 0.752. The maximum Gasteiger partial charge on any atom is 0.318 e. The Hall–Kier alpha value is -1.14. The minimum absolute atomic E-state index is 0.280. The first-order chi connectivity index (χ1) is 7.83. The molecule has 0 unspecified atom stereocenters. The van der Waals surface area contributed by atoms with Crippen LogP contribution in [0.25, 0.3) is 0 Å². The first kappa shape index (κ1) is 11.3. The number of hydrogen-bond acceptors (Lipinski definition) is 6. The molecular weight excluding hydrogens is 208 g/mol. The van der Waals surface area contributed by atoms with Gasteiger partial charge in [-0.15, -0.1) is 5.10 Å². The molecule has 1 saturated heterocycles. The SMILES string of the molecule is CNCc1nnc(N2CCC(CO)CC2)o1. The van der Waals surface area contributed by atoms with E-state index in [-0.39, 0.29) is 6.61 Å². The zero-order valence-electron chi connectivity index (χ0n) is 9.52. The van der Waals surface area contributed by atoms with E-state index in [4.69, 9.17) is 9.52 Å². The van der Waals surface area contributed by atoms with Crippen molar-refractivity contribution in [1.29, 1.82) is 0 Å². The van der Waals surface area contributed by atoms with Crippen molar-refractivity contribution in [2.24, 2.45) is 5.92 Å². The van der Waals surface area contributed by atoms with Gasteiger partial charge in [-0.3, -0.25) is 0 Å². The molecule has 0 aromatic carbocycles. The second-order valence-corrected chi connectivity index (χ2v) is 4.12. The van der Waals surface area contributed by atoms with Gasteiger partial charge in [0.25, 0.3) is 0 Å². The number of piperidine rings is 1. The summed E-state index contributed by atoms with van der Waals surface area (Å²) in [6, 6.07) is 0.599. The molecule has 1 aromatic rings. The van der Waals surface area contributed by atoms with E-state index in [2.05, 4.69) is 20.4 Å². The van der Waals surface area contributed by atoms with Crippen LogP contribution < -0.4 is 10.2 Å². The summed E-state index contributed by atoms with van der Waals surface area (Å²) in [7, 11) is 1.84. The van der Waals surface area contributed by atoms with E-state index in [1.807, 2.05) is 7.05 Å². The average molecular weight is 226 g/mol. The lowest BCUT2D eigenvalue weighted by Gasteiger charge is -2.29. The summed E-state index contributed by atoms with van der Waals surface area (Å²) >= 11 is 0. The molecule has 2 heterocycles. The van der Waals surface area contributed by atoms with Crippen LogP contribution in [0.4, 0.5) is 6.01 Å². The van der Waals surface area contributed by atoms with Crippen molar-refractivity contribution in [2.45, 2.75) is 19.4 Å². The molecule has 1 aliphatic heterocycles. The highest BCUT2D eigenvalue weighted by Crippen LogP contribution is 2.21. The molecule has 1 aliphatic rings. The van der Waals surface area contributed by atoms with Crippen molar-refractivity contribution in [3.05, 3.63) is 5.89 Å². The molecule has 1 aromatic heterocycles. The predicted molar refractivity (Wildman–Crippen MR) is 59.1 cm³/mol. The molecule has 6 nitrogen and oxygen atoms in total. The van der Waals surface area contributed by atoms with Crippen LogP contribution in [0.3, 0.4) is 0 Å². The number of aromatic nitrogens is 2. The van der Waals surface area contributed by atoms with E-state index < -0.39 is 0 Å². The number of nitrogens with zero attached hydrogens (tertiary/aromatic N) is 3. The molecular formula is C10H18N4O2. The Balaban J connectivity index is 1.92. The minimum Gasteiger partial charge on any atom is -0.407 e. The molecule has 0 radical (unpaired) electrons. The lowest BCUT2D eigenvalue weighted by Crippen LogP contribution is -2.34. The fraction of sp³-hybridized carbons (Fsp3) is 0.800. The number of aliphatic hydroxyl groups excluding tert-OH is 1. The summed E-state index contributed by atoms with van der Waals surface area (Å²) in [6.45, 7) is 2.64. The van der Waals surface area contributed by atoms with Crippen molar-refractivity contribution in [3.63, 3.8) is 0 Å². The van der Waals surface area contributed by atoms with Crippen molar-refractivity contribution < 1.29 is 9.52 Å². The molecule has 2 rings (SSSR count). The number of nitrogens with one attached hydrogen (secondary N) is 1. The third kappa shape index (κ3) is 2.51. The van der Waals surface area contributed by atoms with Crippen molar-refractivity contribution in [2.75, 3.05) is 31.6 Å². The molecule has 0 aliphatic carbocycles. The van der Waals surface area contributed by atoms with Crippen LogP contribution in [0, 0.1) is 5.92 Å². The molecule has 0 atom stereocenters. The van der Waals surface area contributed by atoms with Gasteiger partial charge in [0.1, 0.15) is 0 Å². The van der Waals surface area contributed by atoms with Gasteiger partial charge in [0.2, 0.25) is 5.89 Å². The number of rotatable bonds is 4. The zero-order valence-corrected chi connectivity index (χ0v) is 9.52. The third-order valence-corrected chi connectivity index (χ3v) is 2.93. The Bertz CT molecular complexity index is 320. The van der Waals surface area contributed by atoms with Crippen LogP contribution in [-0.4, -0.2) is 42.0 Å². The Morgan fingerprint density at radius 1 is 1.44 bits per heavy atom. The normalized spacial score (nSPS) is 18.0. The van der Waals surface area contributed by atoms with Gasteiger partial charge in [0, 0.05) is 19.7 Å². The van der Waals surface area contributed by atoms with Crippen LogP contribution >= 0.6 is 0 Å². The van der Waals surface area contributed by atoms with E-state index in [1.165, 1.54) is 0 Å². The lowest BCUT2D eigenvalue weighted by atomic mass is 9.98. The second kappa shape index (κ2) is 5.27. The summed E-state index contributed by atoms with van der Waals surface area (Å²) in [4.78, 5) is 2.08. The fourth-order valence-electron chi connectivity index (χ4n) is 1.90. The van der Waals surface area contributed by atoms with Crippen LogP contribution in [-0.2, 0) is 6.54 Å². The Morgan fingerprint density at radius 2 is 2.19 bits per heavy atom. The first-order valence-electron chi connectivity index (χ1n) is 5.66. The second-order valence-electron chi connectivity index (χ2n) is 4.12. The maximum atomic E-state index is 9.04. The fourth-order valence-corrected chi connectivity index (χ4v) is 1.90. The van der Waals surface area contributed by atoms with Crippen molar-refractivity contribution >= 4 is 6.01 Å². The summed E-state index contributed by atoms with van der Waals surface area (Å²) in [5.41, 5.74) is 0. The highest BCUT2D eigenvalue weighted by Gasteiger charge is 2.22. The van der Waals surface area contributed by atoms with Gasteiger partial charge in [0.05, 0.1) is 6.54 Å². The summed E-state index contributed by atoms with van der Waals surface area (Å²) in [5, 5.41) is 20.0. The van der Waals surface area contributed by atoms with E-state index in [0.29, 0.717) is 24.4 Å². The molecule has 0 bridgehead atoms. The zero-order chi connectivity index (χ0) is 11.4. The third-order valence-electron chi connectivity index (χ3n) is 2.93. The average Bonchev–Trinajstić information content (AvgIpc) is 2.78. The summed E-state index contributed by atoms with van der Waals surface area (Å²) < 4.78 is 5.51. The minimum atomic E-state index is 0.280. The van der Waals surface area contributed by atoms with Crippen LogP contribution in [0.2, 0.25) is 0 Å². The number of anilines is 1. The van der Waals surface area contributed by atoms with Crippen LogP contribution in [0.15, 0.2) is 4.42 Å². The summed E-state index contributed by atoms with van der Waals surface area (Å²) in [6.07, 6.45) is 1.97. The van der Waals surface area contributed by atoms with E-state index in [0.717, 1.165) is 25.9 Å². The molecule has 0 amide bonds. The Labute approximate surface area is 94.7 Å². The molecule has 1 fully saturated rings. The number of aliphatic hydroxyl groups is 1. The largest absolute Gasteiger partial charge is 0.407 e. The van der Waals surface area contributed by atoms with E-state index >= 15 is 0 Å². The number of hydrogen-bond donors (Lipinski definition) is 2. The lowest BCUT2D eigenvalue weighted by molar-refractivity contribution is 0.201. The first-order valence-corrected chi connectivity index (χ1v) is 5.66. The Morgan fingerprint density at radius 3 is 2.81 bits per heavy atom. The highest BCUT2D eigenvalue weighted by molar-refractivity contribution is 5.24. The van der Waals surface area contributed by atoms with Gasteiger partial charge < -0.3 is 19.7 Å². The van der Waals surface area contributed by atoms with Gasteiger partial charge in [-0.1, -0.05) is 5.10 Å². The molecule has 6 heteroatoms. The molecule has 2 N–H and O–H groups in total. The van der Waals surface area contributed by atoms with Crippen molar-refractivity contribution in [1.82, 2.24) is 15.5 Å². The van der Waals surface area contributed by atoms with Gasteiger partial charge in [0.15, 0.2) is 0 Å². The van der Waals surface area contributed by atoms with Crippen molar-refractivity contribution in [3.8, 4) is 0 Å². The molecule has 0 saturated carbocycles. The smallest absolute Gasteiger partial charge is 0.318 e. The van der Waals surface area contributed by atoms with Gasteiger partial charge in [-0.25, -0.2) is 0 Å². The monoisotopic (exact) mass is 226 g/mol. The van der Waals surface area contributed by atoms with E-state index in [1.54, 1.807) is 0 Å². The van der Waals surface area contributed by atoms with Gasteiger partial charge in [-0.2, -0.15) is 0 Å². The maximum absolute atomic E-state index is 9.04. The standard InChI is InChI=1S/C10H18N4O2/c1-11-6-9-12-13-10(16-9)14-4-2-8(7-15)3-5-14/h8,11,15H,2-7H2,1H3. The van der Waals surface area contributed by atoms with Crippen LogP contribution in [0.5, 0.6) is 0 Å². The molecule has 16 heavy (non-hydrogen) atoms. The highest BCUT2D eigenvalue weighted by atomic mass is 16.4. The topological polar surface area (TPSA) is 74.4 Å². The molecule has 0 spiro atoms. The summed E-state index contributed by atoms with van der Waals surface area (Å²) in [5.74, 6) is 1.04. The van der Waals surface area contributed by atoms with Gasteiger partial charge >= 0.3 is 6.01 Å². The molecule has 90 valence electrons. The van der Waals surface area contributed by atoms with Gasteiger partial charge in [-0.05, 0) is 25.8 Å².